The van der Waals surface area contributed by atoms with Gasteiger partial charge in [-0.3, -0.25) is 0 Å². The molecular weight excluding hydrogens is 638 g/mol. The molecule has 0 aliphatic heterocycles. The van der Waals surface area contributed by atoms with Crippen molar-refractivity contribution in [1.82, 2.24) is 0 Å². The van der Waals surface area contributed by atoms with Crippen LogP contribution >= 0.6 is 34.3 Å². The Morgan fingerprint density at radius 1 is 0.314 bits per heavy atom. The molecule has 7 heteroatoms. The van der Waals surface area contributed by atoms with E-state index in [1.54, 1.807) is 0 Å². The van der Waals surface area contributed by atoms with Gasteiger partial charge in [0.05, 0.1) is 0 Å². The summed E-state index contributed by atoms with van der Waals surface area (Å²) in [7, 11) is 3.85. The standard InChI is InChI=1S/2C14H16P2.2ClH.Pd/c2*1-3-7-13(8-4-1)15-11-12-16-14-9-5-2-6-10-14;;;/h2*1-10,15-16H,11-12H2;2*1H;/q;;;;+2/p-2. The molecule has 4 atom stereocenters. The van der Waals surface area contributed by atoms with Gasteiger partial charge in [0.2, 0.25) is 0 Å². The van der Waals surface area contributed by atoms with E-state index in [1.165, 1.54) is 45.9 Å². The molecule has 0 bridgehead atoms. The predicted molar refractivity (Wildman–Crippen MR) is 157 cm³/mol. The zero-order valence-corrected chi connectivity index (χ0v) is 26.5. The van der Waals surface area contributed by atoms with Crippen LogP contribution in [0.25, 0.3) is 0 Å². The smallest absolute Gasteiger partial charge is 1.00 e. The van der Waals surface area contributed by atoms with Crippen molar-refractivity contribution in [2.45, 2.75) is 0 Å². The second-order valence-corrected chi connectivity index (χ2v) is 12.9. The fourth-order valence-corrected chi connectivity index (χ4v) is 7.92. The third-order valence-corrected chi connectivity index (χ3v) is 10.6. The Morgan fingerprint density at radius 2 is 0.486 bits per heavy atom. The van der Waals surface area contributed by atoms with Gasteiger partial charge in [-0.1, -0.05) is 156 Å². The third kappa shape index (κ3) is 16.3. The molecule has 0 fully saturated rings. The van der Waals surface area contributed by atoms with Crippen LogP contribution in [0, 0.1) is 0 Å². The molecular formula is C28H32Cl2P4Pd. The Morgan fingerprint density at radius 3 is 0.657 bits per heavy atom. The summed E-state index contributed by atoms with van der Waals surface area (Å²) < 4.78 is 0. The van der Waals surface area contributed by atoms with Crippen molar-refractivity contribution in [2.75, 3.05) is 24.6 Å². The van der Waals surface area contributed by atoms with Gasteiger partial charge in [0.25, 0.3) is 0 Å². The minimum atomic E-state index is 0. The summed E-state index contributed by atoms with van der Waals surface area (Å²) in [5, 5.41) is 5.95. The van der Waals surface area contributed by atoms with Crippen molar-refractivity contribution < 1.29 is 45.2 Å². The third-order valence-electron chi connectivity index (χ3n) is 4.66. The van der Waals surface area contributed by atoms with Crippen LogP contribution in [0.1, 0.15) is 0 Å². The fraction of sp³-hybridized carbons (Fsp3) is 0.143. The first kappa shape index (κ1) is 34.8. The van der Waals surface area contributed by atoms with E-state index in [-0.39, 0.29) is 45.2 Å². The van der Waals surface area contributed by atoms with Gasteiger partial charge >= 0.3 is 20.4 Å². The van der Waals surface area contributed by atoms with Gasteiger partial charge in [0.15, 0.2) is 0 Å². The normalized spacial score (nSPS) is 10.7. The van der Waals surface area contributed by atoms with Gasteiger partial charge in [-0.05, 0) is 45.9 Å². The molecule has 0 amide bonds. The minimum Gasteiger partial charge on any atom is -1.00 e. The Hall–Kier alpha value is -0.158. The van der Waals surface area contributed by atoms with E-state index in [9.17, 15) is 0 Å². The first-order valence-electron chi connectivity index (χ1n) is 11.1. The summed E-state index contributed by atoms with van der Waals surface area (Å²) in [6, 6.07) is 43.2. The largest absolute Gasteiger partial charge is 2.00 e. The van der Waals surface area contributed by atoms with Crippen molar-refractivity contribution in [1.29, 1.82) is 0 Å². The molecule has 35 heavy (non-hydrogen) atoms. The van der Waals surface area contributed by atoms with Crippen LogP contribution in [0.4, 0.5) is 0 Å². The van der Waals surface area contributed by atoms with Crippen molar-refractivity contribution >= 4 is 55.5 Å². The quantitative estimate of drug-likeness (QED) is 0.127. The van der Waals surface area contributed by atoms with Crippen LogP contribution in [0.15, 0.2) is 121 Å². The van der Waals surface area contributed by atoms with E-state index in [4.69, 9.17) is 0 Å². The summed E-state index contributed by atoms with van der Waals surface area (Å²) in [5.74, 6) is 0. The Kier molecular flexibility index (Phi) is 22.9. The molecule has 0 aliphatic rings. The van der Waals surface area contributed by atoms with Crippen LogP contribution in [0.5, 0.6) is 0 Å². The van der Waals surface area contributed by atoms with Crippen LogP contribution < -0.4 is 46.0 Å². The van der Waals surface area contributed by atoms with E-state index in [0.29, 0.717) is 0 Å². The number of rotatable bonds is 10. The van der Waals surface area contributed by atoms with E-state index in [0.717, 1.165) is 34.3 Å². The predicted octanol–water partition coefficient (Wildman–Crippen LogP) is -0.00570. The average molecular weight is 670 g/mol. The Labute approximate surface area is 245 Å². The van der Waals surface area contributed by atoms with Crippen LogP contribution in [-0.4, -0.2) is 24.6 Å². The number of hydrogen-bond acceptors (Lipinski definition) is 0. The van der Waals surface area contributed by atoms with Gasteiger partial charge < -0.3 is 24.8 Å². The summed E-state index contributed by atoms with van der Waals surface area (Å²) >= 11 is 0. The molecule has 0 heterocycles. The summed E-state index contributed by atoms with van der Waals surface area (Å²) in [6.45, 7) is 0. The van der Waals surface area contributed by atoms with Crippen LogP contribution in [0.2, 0.25) is 0 Å². The molecule has 4 aromatic carbocycles. The van der Waals surface area contributed by atoms with E-state index in [2.05, 4.69) is 121 Å². The summed E-state index contributed by atoms with van der Waals surface area (Å²) in [5.41, 5.74) is 0. The van der Waals surface area contributed by atoms with E-state index in [1.807, 2.05) is 0 Å². The fourth-order valence-electron chi connectivity index (χ4n) is 3.05. The second kappa shape index (κ2) is 23.0. The van der Waals surface area contributed by atoms with Gasteiger partial charge in [0.1, 0.15) is 0 Å². The minimum absolute atomic E-state index is 0. The zero-order valence-electron chi connectivity index (χ0n) is 19.4. The molecule has 0 saturated carbocycles. The maximum absolute atomic E-state index is 2.23. The molecule has 4 rings (SSSR count). The molecule has 0 saturated heterocycles. The second-order valence-electron chi connectivity index (χ2n) is 7.17. The SMILES string of the molecule is [Cl-].[Cl-].[Pd+2].c1ccc(PCCPc2ccccc2)cc1.c1ccc(PCCPc2ccccc2)cc1. The van der Waals surface area contributed by atoms with Crippen molar-refractivity contribution in [3.8, 4) is 0 Å². The first-order chi connectivity index (χ1) is 15.9. The molecule has 0 N–H and O–H groups in total. The molecule has 0 nitrogen and oxygen atoms in total. The van der Waals surface area contributed by atoms with Crippen molar-refractivity contribution in [3.05, 3.63) is 121 Å². The van der Waals surface area contributed by atoms with Crippen LogP contribution in [0.3, 0.4) is 0 Å². The number of benzene rings is 4. The van der Waals surface area contributed by atoms with Gasteiger partial charge in [0, 0.05) is 0 Å². The molecule has 4 unspecified atom stereocenters. The Balaban J connectivity index is 0.000000608. The average Bonchev–Trinajstić information content (AvgIpc) is 2.88. The van der Waals surface area contributed by atoms with Crippen molar-refractivity contribution in [3.63, 3.8) is 0 Å². The van der Waals surface area contributed by atoms with Crippen molar-refractivity contribution in [2.24, 2.45) is 0 Å². The molecule has 0 aromatic heterocycles. The molecule has 0 spiro atoms. The number of hydrogen-bond donors (Lipinski definition) is 0. The van der Waals surface area contributed by atoms with Gasteiger partial charge in [-0.25, -0.2) is 0 Å². The van der Waals surface area contributed by atoms with E-state index >= 15 is 0 Å². The van der Waals surface area contributed by atoms with E-state index < -0.39 is 0 Å². The maximum Gasteiger partial charge on any atom is 2.00 e. The molecule has 0 radical (unpaired) electrons. The monoisotopic (exact) mass is 668 g/mol. The van der Waals surface area contributed by atoms with Gasteiger partial charge in [-0.15, -0.1) is 0 Å². The first-order valence-corrected chi connectivity index (χ1v) is 15.9. The molecule has 4 aromatic rings. The molecule has 188 valence electrons. The summed E-state index contributed by atoms with van der Waals surface area (Å²) in [6.07, 6.45) is 5.27. The number of halogens is 2. The zero-order chi connectivity index (χ0) is 22.1. The van der Waals surface area contributed by atoms with Gasteiger partial charge in [-0.2, -0.15) is 0 Å². The Bertz CT molecular complexity index is 813. The summed E-state index contributed by atoms with van der Waals surface area (Å²) in [4.78, 5) is 0. The topological polar surface area (TPSA) is 0 Å². The molecule has 0 aliphatic carbocycles. The van der Waals surface area contributed by atoms with Crippen LogP contribution in [-0.2, 0) is 20.4 Å². The maximum atomic E-state index is 2.23.